The number of rotatable bonds is 5. The van der Waals surface area contributed by atoms with Crippen LogP contribution >= 0.6 is 11.8 Å². The number of thioether (sulfide) groups is 1. The maximum Gasteiger partial charge on any atom is 0.221 e. The van der Waals surface area contributed by atoms with Gasteiger partial charge in [-0.05, 0) is 37.7 Å². The molecule has 0 fully saturated rings. The fourth-order valence-electron chi connectivity index (χ4n) is 2.31. The van der Waals surface area contributed by atoms with Crippen molar-refractivity contribution in [2.24, 2.45) is 0 Å². The monoisotopic (exact) mass is 278 g/mol. The molecule has 1 aliphatic heterocycles. The Hall–Kier alpha value is -1.00. The van der Waals surface area contributed by atoms with Crippen LogP contribution in [0.3, 0.4) is 0 Å². The van der Waals surface area contributed by atoms with E-state index in [1.165, 1.54) is 10.5 Å². The third kappa shape index (κ3) is 4.25. The van der Waals surface area contributed by atoms with Crippen LogP contribution in [0.15, 0.2) is 29.2 Å². The first-order chi connectivity index (χ1) is 9.16. The highest BCUT2D eigenvalue weighted by Crippen LogP contribution is 2.35. The molecule has 1 aromatic carbocycles. The molecule has 4 heteroatoms. The quantitative estimate of drug-likeness (QED) is 0.870. The minimum atomic E-state index is 0.126. The standard InChI is InChI=1S/C15H22N2OS/c1-11(2)17-15(18)7-9-16-13-8-10-19-14-6-4-3-5-12(13)14/h3-6,11,13,16H,7-10H2,1-2H3,(H,17,18). The van der Waals surface area contributed by atoms with E-state index in [1.54, 1.807) is 0 Å². The number of carbonyl (C=O) groups is 1. The lowest BCUT2D eigenvalue weighted by atomic mass is 10.0. The van der Waals surface area contributed by atoms with Crippen LogP contribution in [-0.4, -0.2) is 24.2 Å². The summed E-state index contributed by atoms with van der Waals surface area (Å²) in [4.78, 5) is 13.0. The largest absolute Gasteiger partial charge is 0.354 e. The minimum Gasteiger partial charge on any atom is -0.354 e. The third-order valence-corrected chi connectivity index (χ3v) is 4.27. The average molecular weight is 278 g/mol. The lowest BCUT2D eigenvalue weighted by Gasteiger charge is -2.26. The molecule has 2 N–H and O–H groups in total. The van der Waals surface area contributed by atoms with Gasteiger partial charge >= 0.3 is 0 Å². The normalized spacial score (nSPS) is 18.2. The number of amides is 1. The molecule has 1 heterocycles. The number of fused-ring (bicyclic) bond motifs is 1. The second-order valence-corrected chi connectivity index (χ2v) is 6.29. The number of hydrogen-bond donors (Lipinski definition) is 2. The zero-order valence-electron chi connectivity index (χ0n) is 11.6. The molecule has 0 aromatic heterocycles. The van der Waals surface area contributed by atoms with E-state index in [4.69, 9.17) is 0 Å². The van der Waals surface area contributed by atoms with Gasteiger partial charge < -0.3 is 10.6 Å². The van der Waals surface area contributed by atoms with Gasteiger partial charge in [-0.1, -0.05) is 18.2 Å². The Morgan fingerprint density at radius 1 is 1.42 bits per heavy atom. The van der Waals surface area contributed by atoms with E-state index in [9.17, 15) is 4.79 Å². The summed E-state index contributed by atoms with van der Waals surface area (Å²) in [5, 5.41) is 6.42. The summed E-state index contributed by atoms with van der Waals surface area (Å²) >= 11 is 1.92. The van der Waals surface area contributed by atoms with Gasteiger partial charge in [0, 0.05) is 29.9 Å². The maximum atomic E-state index is 11.6. The number of hydrogen-bond acceptors (Lipinski definition) is 3. The molecule has 0 aliphatic carbocycles. The Morgan fingerprint density at radius 2 is 2.21 bits per heavy atom. The van der Waals surface area contributed by atoms with Crippen molar-refractivity contribution in [2.75, 3.05) is 12.3 Å². The van der Waals surface area contributed by atoms with E-state index < -0.39 is 0 Å². The van der Waals surface area contributed by atoms with Crippen LogP contribution in [0.4, 0.5) is 0 Å². The Morgan fingerprint density at radius 3 is 3.00 bits per heavy atom. The Kier molecular flexibility index (Phi) is 5.28. The molecule has 19 heavy (non-hydrogen) atoms. The predicted octanol–water partition coefficient (Wildman–Crippen LogP) is 2.73. The van der Waals surface area contributed by atoms with Gasteiger partial charge in [-0.25, -0.2) is 0 Å². The van der Waals surface area contributed by atoms with Gasteiger partial charge in [-0.2, -0.15) is 0 Å². The first kappa shape index (κ1) is 14.4. The molecular weight excluding hydrogens is 256 g/mol. The van der Waals surface area contributed by atoms with E-state index >= 15 is 0 Å². The SMILES string of the molecule is CC(C)NC(=O)CCNC1CCSc2ccccc21. The summed E-state index contributed by atoms with van der Waals surface area (Å²) in [6.45, 7) is 4.71. The molecule has 0 bridgehead atoms. The third-order valence-electron chi connectivity index (χ3n) is 3.15. The molecule has 0 radical (unpaired) electrons. The first-order valence-electron chi connectivity index (χ1n) is 6.91. The Balaban J connectivity index is 1.83. The van der Waals surface area contributed by atoms with E-state index in [2.05, 4.69) is 34.9 Å². The molecule has 1 unspecified atom stereocenters. The highest BCUT2D eigenvalue weighted by molar-refractivity contribution is 7.99. The molecule has 0 saturated carbocycles. The van der Waals surface area contributed by atoms with Gasteiger partial charge in [0.15, 0.2) is 0 Å². The summed E-state index contributed by atoms with van der Waals surface area (Å²) in [6.07, 6.45) is 1.68. The van der Waals surface area contributed by atoms with E-state index in [0.717, 1.165) is 18.7 Å². The van der Waals surface area contributed by atoms with Crippen molar-refractivity contribution in [3.63, 3.8) is 0 Å². The minimum absolute atomic E-state index is 0.126. The summed E-state index contributed by atoms with van der Waals surface area (Å²) < 4.78 is 0. The molecule has 3 nitrogen and oxygen atoms in total. The van der Waals surface area contributed by atoms with Crippen LogP contribution in [0.25, 0.3) is 0 Å². The van der Waals surface area contributed by atoms with Crippen molar-refractivity contribution in [3.05, 3.63) is 29.8 Å². The molecule has 0 saturated heterocycles. The van der Waals surface area contributed by atoms with Crippen molar-refractivity contribution < 1.29 is 4.79 Å². The molecule has 1 aliphatic rings. The molecule has 1 amide bonds. The van der Waals surface area contributed by atoms with Gasteiger partial charge in [-0.3, -0.25) is 4.79 Å². The summed E-state index contributed by atoms with van der Waals surface area (Å²) in [6, 6.07) is 9.16. The lowest BCUT2D eigenvalue weighted by Crippen LogP contribution is -2.34. The zero-order chi connectivity index (χ0) is 13.7. The average Bonchev–Trinajstić information content (AvgIpc) is 2.38. The topological polar surface area (TPSA) is 41.1 Å². The fourth-order valence-corrected chi connectivity index (χ4v) is 3.43. The predicted molar refractivity (Wildman–Crippen MR) is 80.4 cm³/mol. The van der Waals surface area contributed by atoms with Gasteiger partial charge in [0.1, 0.15) is 0 Å². The molecule has 1 atom stereocenters. The van der Waals surface area contributed by atoms with Crippen molar-refractivity contribution in [1.82, 2.24) is 10.6 Å². The van der Waals surface area contributed by atoms with E-state index in [1.807, 2.05) is 25.6 Å². The molecule has 2 rings (SSSR count). The Bertz CT molecular complexity index is 434. The van der Waals surface area contributed by atoms with Crippen LogP contribution in [-0.2, 0) is 4.79 Å². The summed E-state index contributed by atoms with van der Waals surface area (Å²) in [5.74, 6) is 1.27. The smallest absolute Gasteiger partial charge is 0.221 e. The van der Waals surface area contributed by atoms with Crippen LogP contribution in [0.5, 0.6) is 0 Å². The number of carbonyl (C=O) groups excluding carboxylic acids is 1. The lowest BCUT2D eigenvalue weighted by molar-refractivity contribution is -0.121. The fraction of sp³-hybridized carbons (Fsp3) is 0.533. The van der Waals surface area contributed by atoms with Crippen molar-refractivity contribution in [3.8, 4) is 0 Å². The second-order valence-electron chi connectivity index (χ2n) is 5.15. The highest BCUT2D eigenvalue weighted by Gasteiger charge is 2.19. The van der Waals surface area contributed by atoms with E-state index in [-0.39, 0.29) is 11.9 Å². The molecular formula is C15H22N2OS. The van der Waals surface area contributed by atoms with E-state index in [0.29, 0.717) is 12.5 Å². The van der Waals surface area contributed by atoms with Crippen LogP contribution in [0.1, 0.15) is 38.3 Å². The van der Waals surface area contributed by atoms with Crippen LogP contribution in [0, 0.1) is 0 Å². The van der Waals surface area contributed by atoms with Gasteiger partial charge in [-0.15, -0.1) is 11.8 Å². The molecule has 0 spiro atoms. The molecule has 104 valence electrons. The Labute approximate surface area is 119 Å². The first-order valence-corrected chi connectivity index (χ1v) is 7.90. The molecule has 1 aromatic rings. The van der Waals surface area contributed by atoms with Crippen molar-refractivity contribution in [2.45, 2.75) is 43.7 Å². The van der Waals surface area contributed by atoms with Crippen molar-refractivity contribution >= 4 is 17.7 Å². The second kappa shape index (κ2) is 6.96. The highest BCUT2D eigenvalue weighted by atomic mass is 32.2. The maximum absolute atomic E-state index is 11.6. The number of nitrogens with one attached hydrogen (secondary N) is 2. The van der Waals surface area contributed by atoms with Gasteiger partial charge in [0.05, 0.1) is 0 Å². The van der Waals surface area contributed by atoms with Gasteiger partial charge in [0.2, 0.25) is 5.91 Å². The van der Waals surface area contributed by atoms with Crippen LogP contribution < -0.4 is 10.6 Å². The summed E-state index contributed by atoms with van der Waals surface area (Å²) in [7, 11) is 0. The zero-order valence-corrected chi connectivity index (χ0v) is 12.4. The van der Waals surface area contributed by atoms with Crippen molar-refractivity contribution in [1.29, 1.82) is 0 Å². The van der Waals surface area contributed by atoms with Crippen LogP contribution in [0.2, 0.25) is 0 Å². The van der Waals surface area contributed by atoms with Gasteiger partial charge in [0.25, 0.3) is 0 Å². The summed E-state index contributed by atoms with van der Waals surface area (Å²) in [5.41, 5.74) is 1.38. The number of benzene rings is 1.